The summed E-state index contributed by atoms with van der Waals surface area (Å²) in [6.45, 7) is 8.73. The second-order valence-electron chi connectivity index (χ2n) is 6.16. The van der Waals surface area contributed by atoms with Gasteiger partial charge in [-0.25, -0.2) is 4.98 Å². The van der Waals surface area contributed by atoms with Crippen molar-refractivity contribution in [2.24, 2.45) is 5.92 Å². The smallest absolute Gasteiger partial charge is 0.0982 e. The van der Waals surface area contributed by atoms with Gasteiger partial charge in [-0.1, -0.05) is 33.6 Å². The Balaban J connectivity index is 1.66. The normalized spacial score (nSPS) is 16.4. The van der Waals surface area contributed by atoms with Crippen molar-refractivity contribution in [3.8, 4) is 0 Å². The van der Waals surface area contributed by atoms with Crippen LogP contribution in [-0.2, 0) is 12.0 Å². The minimum absolute atomic E-state index is 0.189. The molecule has 1 aromatic rings. The highest BCUT2D eigenvalue weighted by molar-refractivity contribution is 7.09. The Morgan fingerprint density at radius 2 is 2.18 bits per heavy atom. The highest BCUT2D eigenvalue weighted by Crippen LogP contribution is 2.33. The summed E-state index contributed by atoms with van der Waals surface area (Å²) in [6.07, 6.45) is 5.68. The van der Waals surface area contributed by atoms with Crippen molar-refractivity contribution in [2.45, 2.75) is 58.4 Å². The van der Waals surface area contributed by atoms with Crippen molar-refractivity contribution in [3.05, 3.63) is 16.1 Å². The van der Waals surface area contributed by atoms with Crippen LogP contribution in [0.3, 0.4) is 0 Å². The van der Waals surface area contributed by atoms with Gasteiger partial charge in [0, 0.05) is 17.3 Å². The van der Waals surface area contributed by atoms with Crippen LogP contribution >= 0.6 is 11.3 Å². The van der Waals surface area contributed by atoms with E-state index in [4.69, 9.17) is 0 Å². The van der Waals surface area contributed by atoms with Gasteiger partial charge in [-0.2, -0.15) is 0 Å². The first kappa shape index (κ1) is 13.0. The zero-order valence-corrected chi connectivity index (χ0v) is 12.1. The minimum atomic E-state index is 0.189. The molecule has 2 rings (SSSR count). The third-order valence-electron chi connectivity index (χ3n) is 3.16. The summed E-state index contributed by atoms with van der Waals surface area (Å²) in [6, 6.07) is 0. The molecule has 0 atom stereocenters. The van der Waals surface area contributed by atoms with Crippen LogP contribution in [-0.4, -0.2) is 11.5 Å². The van der Waals surface area contributed by atoms with Crippen molar-refractivity contribution in [1.82, 2.24) is 10.3 Å². The van der Waals surface area contributed by atoms with E-state index in [0.29, 0.717) is 0 Å². The van der Waals surface area contributed by atoms with E-state index in [9.17, 15) is 0 Å². The van der Waals surface area contributed by atoms with E-state index in [1.54, 1.807) is 11.3 Å². The maximum Gasteiger partial charge on any atom is 0.0982 e. The standard InChI is InChI=1S/C14H24N2S/c1-14(2,3)13-16-12(10-17-13)9-15-8-4-5-11-6-7-11/h10-11,15H,4-9H2,1-3H3. The topological polar surface area (TPSA) is 24.9 Å². The number of nitrogens with one attached hydrogen (secondary N) is 1. The summed E-state index contributed by atoms with van der Waals surface area (Å²) < 4.78 is 0. The van der Waals surface area contributed by atoms with E-state index in [1.807, 2.05) is 0 Å². The van der Waals surface area contributed by atoms with Crippen LogP contribution in [0.25, 0.3) is 0 Å². The predicted octanol–water partition coefficient (Wildman–Crippen LogP) is 3.72. The summed E-state index contributed by atoms with van der Waals surface area (Å²) in [4.78, 5) is 4.68. The van der Waals surface area contributed by atoms with Gasteiger partial charge >= 0.3 is 0 Å². The maximum absolute atomic E-state index is 4.68. The van der Waals surface area contributed by atoms with Gasteiger partial charge in [0.2, 0.25) is 0 Å². The third-order valence-corrected chi connectivity index (χ3v) is 4.48. The largest absolute Gasteiger partial charge is 0.311 e. The van der Waals surface area contributed by atoms with E-state index < -0.39 is 0 Å². The average Bonchev–Trinajstić information content (AvgIpc) is 2.92. The Morgan fingerprint density at radius 3 is 2.76 bits per heavy atom. The fraction of sp³-hybridized carbons (Fsp3) is 0.786. The number of rotatable bonds is 6. The zero-order chi connectivity index (χ0) is 12.3. The monoisotopic (exact) mass is 252 g/mol. The maximum atomic E-state index is 4.68. The molecular weight excluding hydrogens is 228 g/mol. The van der Waals surface area contributed by atoms with Crippen molar-refractivity contribution in [2.75, 3.05) is 6.54 Å². The molecule has 1 aromatic heterocycles. The van der Waals surface area contributed by atoms with E-state index in [2.05, 4.69) is 36.5 Å². The summed E-state index contributed by atoms with van der Waals surface area (Å²) >= 11 is 1.78. The van der Waals surface area contributed by atoms with Gasteiger partial charge in [-0.05, 0) is 25.3 Å². The molecule has 1 saturated carbocycles. The summed E-state index contributed by atoms with van der Waals surface area (Å²) in [5, 5.41) is 6.93. The van der Waals surface area contributed by atoms with Crippen molar-refractivity contribution in [3.63, 3.8) is 0 Å². The van der Waals surface area contributed by atoms with Crippen LogP contribution in [0.4, 0.5) is 0 Å². The number of nitrogens with zero attached hydrogens (tertiary/aromatic N) is 1. The lowest BCUT2D eigenvalue weighted by Gasteiger charge is -2.13. The molecule has 1 heterocycles. The van der Waals surface area contributed by atoms with E-state index in [1.165, 1.54) is 36.4 Å². The van der Waals surface area contributed by atoms with Crippen LogP contribution in [0, 0.1) is 5.92 Å². The molecule has 0 amide bonds. The molecule has 1 aliphatic carbocycles. The molecule has 1 aliphatic rings. The molecule has 0 spiro atoms. The van der Waals surface area contributed by atoms with Crippen LogP contribution < -0.4 is 5.32 Å². The molecule has 0 radical (unpaired) electrons. The first-order valence-corrected chi connectivity index (χ1v) is 7.59. The Bertz CT molecular complexity index is 347. The molecule has 1 N–H and O–H groups in total. The molecule has 0 aromatic carbocycles. The van der Waals surface area contributed by atoms with Crippen molar-refractivity contribution < 1.29 is 0 Å². The van der Waals surface area contributed by atoms with Crippen LogP contribution in [0.2, 0.25) is 0 Å². The van der Waals surface area contributed by atoms with Crippen LogP contribution in [0.15, 0.2) is 5.38 Å². The molecular formula is C14H24N2S. The van der Waals surface area contributed by atoms with Crippen molar-refractivity contribution >= 4 is 11.3 Å². The lowest BCUT2D eigenvalue weighted by Crippen LogP contribution is -2.16. The molecule has 17 heavy (non-hydrogen) atoms. The van der Waals surface area contributed by atoms with Gasteiger partial charge in [0.25, 0.3) is 0 Å². The number of thiazole rings is 1. The molecule has 0 bridgehead atoms. The van der Waals surface area contributed by atoms with E-state index in [-0.39, 0.29) is 5.41 Å². The first-order valence-electron chi connectivity index (χ1n) is 6.71. The van der Waals surface area contributed by atoms with Gasteiger partial charge in [-0.15, -0.1) is 11.3 Å². The van der Waals surface area contributed by atoms with E-state index >= 15 is 0 Å². The Morgan fingerprint density at radius 1 is 1.41 bits per heavy atom. The fourth-order valence-corrected chi connectivity index (χ4v) is 2.78. The third kappa shape index (κ3) is 4.40. The van der Waals surface area contributed by atoms with Gasteiger partial charge in [0.15, 0.2) is 0 Å². The number of hydrogen-bond donors (Lipinski definition) is 1. The van der Waals surface area contributed by atoms with Crippen LogP contribution in [0.5, 0.6) is 0 Å². The van der Waals surface area contributed by atoms with Crippen molar-refractivity contribution in [1.29, 1.82) is 0 Å². The summed E-state index contributed by atoms with van der Waals surface area (Å²) in [7, 11) is 0. The molecule has 96 valence electrons. The summed E-state index contributed by atoms with van der Waals surface area (Å²) in [5.74, 6) is 1.06. The minimum Gasteiger partial charge on any atom is -0.311 e. The quantitative estimate of drug-likeness (QED) is 0.781. The molecule has 1 fully saturated rings. The summed E-state index contributed by atoms with van der Waals surface area (Å²) in [5.41, 5.74) is 1.39. The predicted molar refractivity (Wildman–Crippen MR) is 74.5 cm³/mol. The van der Waals surface area contributed by atoms with Gasteiger partial charge in [0.05, 0.1) is 10.7 Å². The highest BCUT2D eigenvalue weighted by Gasteiger charge is 2.20. The number of hydrogen-bond acceptors (Lipinski definition) is 3. The molecule has 0 unspecified atom stereocenters. The first-order chi connectivity index (χ1) is 8.05. The average molecular weight is 252 g/mol. The molecule has 0 saturated heterocycles. The Labute approximate surface area is 109 Å². The Hall–Kier alpha value is -0.410. The highest BCUT2D eigenvalue weighted by atomic mass is 32.1. The van der Waals surface area contributed by atoms with E-state index in [0.717, 1.165) is 19.0 Å². The second-order valence-corrected chi connectivity index (χ2v) is 7.01. The molecule has 0 aliphatic heterocycles. The molecule has 2 nitrogen and oxygen atoms in total. The fourth-order valence-electron chi connectivity index (χ4n) is 1.87. The second kappa shape index (κ2) is 5.49. The van der Waals surface area contributed by atoms with Crippen LogP contribution in [0.1, 0.15) is 57.2 Å². The lowest BCUT2D eigenvalue weighted by atomic mass is 9.98. The Kier molecular flexibility index (Phi) is 4.21. The zero-order valence-electron chi connectivity index (χ0n) is 11.3. The SMILES string of the molecule is CC(C)(C)c1nc(CNCCCC2CC2)cs1. The lowest BCUT2D eigenvalue weighted by molar-refractivity contribution is 0.571. The van der Waals surface area contributed by atoms with Gasteiger partial charge < -0.3 is 5.32 Å². The molecule has 3 heteroatoms. The van der Waals surface area contributed by atoms with Gasteiger partial charge in [0.1, 0.15) is 0 Å². The number of aromatic nitrogens is 1. The van der Waals surface area contributed by atoms with Gasteiger partial charge in [-0.3, -0.25) is 0 Å².